The number of hydrogen-bond acceptors (Lipinski definition) is 6. The van der Waals surface area contributed by atoms with E-state index in [1.165, 1.54) is 6.07 Å². The van der Waals surface area contributed by atoms with E-state index < -0.39 is 4.92 Å². The first-order valence-corrected chi connectivity index (χ1v) is 7.33. The number of hydrazine groups is 1. The lowest BCUT2D eigenvalue weighted by atomic mass is 10.1. The van der Waals surface area contributed by atoms with E-state index >= 15 is 0 Å². The van der Waals surface area contributed by atoms with Crippen LogP contribution in [0.5, 0.6) is 0 Å². The SMILES string of the molecule is CC1CSCCN1Cc1ccc([N+](=O)[O-])c(NN)c1. The second kappa shape index (κ2) is 6.23. The fourth-order valence-corrected chi connectivity index (χ4v) is 3.27. The molecule has 0 aliphatic carbocycles. The summed E-state index contributed by atoms with van der Waals surface area (Å²) in [6.07, 6.45) is 0. The molecule has 3 N–H and O–H groups in total. The molecule has 1 fully saturated rings. The Kier molecular flexibility index (Phi) is 4.62. The summed E-state index contributed by atoms with van der Waals surface area (Å²) in [5.74, 6) is 7.62. The van der Waals surface area contributed by atoms with Crippen LogP contribution in [0.3, 0.4) is 0 Å². The van der Waals surface area contributed by atoms with Crippen molar-refractivity contribution in [1.29, 1.82) is 0 Å². The number of thioether (sulfide) groups is 1. The average molecular weight is 282 g/mol. The minimum absolute atomic E-state index is 0.00787. The van der Waals surface area contributed by atoms with Gasteiger partial charge < -0.3 is 5.43 Å². The summed E-state index contributed by atoms with van der Waals surface area (Å²) < 4.78 is 0. The molecule has 2 rings (SSSR count). The lowest BCUT2D eigenvalue weighted by molar-refractivity contribution is -0.384. The summed E-state index contributed by atoms with van der Waals surface area (Å²) in [5, 5.41) is 10.8. The predicted octanol–water partition coefficient (Wildman–Crippen LogP) is 1.82. The van der Waals surface area contributed by atoms with Gasteiger partial charge in [0.1, 0.15) is 5.69 Å². The standard InChI is InChI=1S/C12H18N4O2S/c1-9-8-19-5-4-15(9)7-10-2-3-12(16(17)18)11(6-10)14-13/h2-3,6,9,14H,4-5,7-8,13H2,1H3. The van der Waals surface area contributed by atoms with Crippen molar-refractivity contribution in [3.05, 3.63) is 33.9 Å². The molecule has 6 nitrogen and oxygen atoms in total. The Hall–Kier alpha value is -1.31. The van der Waals surface area contributed by atoms with Gasteiger partial charge in [0.15, 0.2) is 0 Å². The molecular weight excluding hydrogens is 264 g/mol. The van der Waals surface area contributed by atoms with Crippen molar-refractivity contribution in [1.82, 2.24) is 4.90 Å². The maximum absolute atomic E-state index is 10.8. The molecule has 1 aliphatic heterocycles. The summed E-state index contributed by atoms with van der Waals surface area (Å²) in [4.78, 5) is 12.8. The summed E-state index contributed by atoms with van der Waals surface area (Å²) in [7, 11) is 0. The van der Waals surface area contributed by atoms with Gasteiger partial charge in [-0.1, -0.05) is 6.07 Å². The van der Waals surface area contributed by atoms with Crippen LogP contribution in [-0.4, -0.2) is 33.9 Å². The number of benzene rings is 1. The van der Waals surface area contributed by atoms with Crippen LogP contribution in [0.4, 0.5) is 11.4 Å². The number of nitrogens with one attached hydrogen (secondary N) is 1. The molecule has 19 heavy (non-hydrogen) atoms. The number of nitrogen functional groups attached to an aromatic ring is 1. The highest BCUT2D eigenvalue weighted by Crippen LogP contribution is 2.26. The second-order valence-electron chi connectivity index (χ2n) is 4.65. The maximum atomic E-state index is 10.8. The molecule has 1 aromatic rings. The van der Waals surface area contributed by atoms with Gasteiger partial charge in [0.2, 0.25) is 0 Å². The number of nitrogens with zero attached hydrogens (tertiary/aromatic N) is 2. The zero-order chi connectivity index (χ0) is 13.8. The molecule has 0 spiro atoms. The van der Waals surface area contributed by atoms with Crippen molar-refractivity contribution >= 4 is 23.1 Å². The smallest absolute Gasteiger partial charge is 0.293 e. The van der Waals surface area contributed by atoms with Crippen molar-refractivity contribution < 1.29 is 4.92 Å². The third-order valence-corrected chi connectivity index (χ3v) is 4.49. The molecule has 1 aromatic carbocycles. The van der Waals surface area contributed by atoms with Crippen molar-refractivity contribution in [3.63, 3.8) is 0 Å². The Labute approximate surface area is 116 Å². The highest BCUT2D eigenvalue weighted by molar-refractivity contribution is 7.99. The van der Waals surface area contributed by atoms with E-state index in [0.29, 0.717) is 11.7 Å². The molecule has 1 atom stereocenters. The zero-order valence-corrected chi connectivity index (χ0v) is 11.7. The molecule has 0 aromatic heterocycles. The van der Waals surface area contributed by atoms with Gasteiger partial charge in [-0.05, 0) is 18.6 Å². The fraction of sp³-hybridized carbons (Fsp3) is 0.500. The summed E-state index contributed by atoms with van der Waals surface area (Å²) in [6.45, 7) is 4.06. The molecule has 1 aliphatic rings. The number of nitro benzene ring substituents is 1. The molecular formula is C12H18N4O2S. The van der Waals surface area contributed by atoms with Crippen LogP contribution >= 0.6 is 11.8 Å². The molecule has 1 unspecified atom stereocenters. The van der Waals surface area contributed by atoms with Crippen LogP contribution in [0.15, 0.2) is 18.2 Å². The number of anilines is 1. The Bertz CT molecular complexity index is 469. The van der Waals surface area contributed by atoms with E-state index in [9.17, 15) is 10.1 Å². The van der Waals surface area contributed by atoms with Crippen LogP contribution in [0.2, 0.25) is 0 Å². The Morgan fingerprint density at radius 1 is 1.63 bits per heavy atom. The van der Waals surface area contributed by atoms with Gasteiger partial charge in [0.25, 0.3) is 5.69 Å². The molecule has 0 saturated carbocycles. The Morgan fingerprint density at radius 3 is 3.05 bits per heavy atom. The maximum Gasteiger partial charge on any atom is 0.293 e. The number of rotatable bonds is 4. The summed E-state index contributed by atoms with van der Waals surface area (Å²) in [5.41, 5.74) is 3.81. The van der Waals surface area contributed by atoms with Crippen LogP contribution < -0.4 is 11.3 Å². The fourth-order valence-electron chi connectivity index (χ4n) is 2.19. The Balaban J connectivity index is 2.14. The van der Waals surface area contributed by atoms with Crippen LogP contribution in [0.25, 0.3) is 0 Å². The van der Waals surface area contributed by atoms with Crippen molar-refractivity contribution in [2.45, 2.75) is 19.5 Å². The average Bonchev–Trinajstić information content (AvgIpc) is 2.41. The summed E-state index contributed by atoms with van der Waals surface area (Å²) in [6, 6.07) is 5.59. The number of nitrogens with two attached hydrogens (primary N) is 1. The zero-order valence-electron chi connectivity index (χ0n) is 10.8. The van der Waals surface area contributed by atoms with Gasteiger partial charge in [-0.15, -0.1) is 0 Å². The van der Waals surface area contributed by atoms with Crippen molar-refractivity contribution in [2.75, 3.05) is 23.5 Å². The molecule has 1 saturated heterocycles. The largest absolute Gasteiger partial charge is 0.318 e. The minimum atomic E-state index is -0.431. The summed E-state index contributed by atoms with van der Waals surface area (Å²) >= 11 is 1.97. The van der Waals surface area contributed by atoms with E-state index in [1.807, 2.05) is 11.8 Å². The first-order valence-electron chi connectivity index (χ1n) is 6.17. The van der Waals surface area contributed by atoms with Gasteiger partial charge in [0.05, 0.1) is 4.92 Å². The van der Waals surface area contributed by atoms with Crippen molar-refractivity contribution in [3.8, 4) is 0 Å². The first kappa shape index (κ1) is 14.1. The molecule has 0 amide bonds. The normalized spacial score (nSPS) is 20.2. The van der Waals surface area contributed by atoms with Crippen LogP contribution in [0.1, 0.15) is 12.5 Å². The molecule has 104 valence electrons. The van der Waals surface area contributed by atoms with E-state index in [1.54, 1.807) is 12.1 Å². The highest BCUT2D eigenvalue weighted by atomic mass is 32.2. The second-order valence-corrected chi connectivity index (χ2v) is 5.80. The molecule has 1 heterocycles. The van der Waals surface area contributed by atoms with E-state index in [2.05, 4.69) is 17.2 Å². The van der Waals surface area contributed by atoms with Crippen LogP contribution in [0, 0.1) is 10.1 Å². The van der Waals surface area contributed by atoms with Gasteiger partial charge in [0, 0.05) is 36.7 Å². The van der Waals surface area contributed by atoms with Crippen LogP contribution in [-0.2, 0) is 6.54 Å². The van der Waals surface area contributed by atoms with E-state index in [-0.39, 0.29) is 5.69 Å². The first-order chi connectivity index (χ1) is 9.11. The van der Waals surface area contributed by atoms with E-state index in [4.69, 9.17) is 5.84 Å². The minimum Gasteiger partial charge on any atom is -0.318 e. The third-order valence-electron chi connectivity index (χ3n) is 3.30. The highest BCUT2D eigenvalue weighted by Gasteiger charge is 2.20. The van der Waals surface area contributed by atoms with E-state index in [0.717, 1.165) is 30.2 Å². The third kappa shape index (κ3) is 3.37. The van der Waals surface area contributed by atoms with Crippen molar-refractivity contribution in [2.24, 2.45) is 5.84 Å². The lowest BCUT2D eigenvalue weighted by Crippen LogP contribution is -2.39. The molecule has 0 radical (unpaired) electrons. The predicted molar refractivity (Wildman–Crippen MR) is 78.1 cm³/mol. The number of hydrogen-bond donors (Lipinski definition) is 2. The quantitative estimate of drug-likeness (QED) is 0.498. The lowest BCUT2D eigenvalue weighted by Gasteiger charge is -2.33. The molecule has 7 heteroatoms. The topological polar surface area (TPSA) is 84.4 Å². The molecule has 0 bridgehead atoms. The van der Waals surface area contributed by atoms with Gasteiger partial charge in [-0.3, -0.25) is 20.9 Å². The van der Waals surface area contributed by atoms with Gasteiger partial charge in [-0.2, -0.15) is 11.8 Å². The Morgan fingerprint density at radius 2 is 2.42 bits per heavy atom. The monoisotopic (exact) mass is 282 g/mol. The van der Waals surface area contributed by atoms with Gasteiger partial charge >= 0.3 is 0 Å². The van der Waals surface area contributed by atoms with Gasteiger partial charge in [-0.25, -0.2) is 0 Å². The number of nitro groups is 1.